The molecule has 2 aromatic rings. The molecule has 0 radical (unpaired) electrons. The third-order valence-corrected chi connectivity index (χ3v) is 5.33. The van der Waals surface area contributed by atoms with Crippen molar-refractivity contribution in [3.8, 4) is 0 Å². The molecule has 1 heterocycles. The SMILES string of the molecule is CCNCc1sc(C2Cc3ccccc3C2)nc1CC. The van der Waals surface area contributed by atoms with Crippen LogP contribution in [0.3, 0.4) is 0 Å². The molecule has 0 saturated carbocycles. The fraction of sp³-hybridized carbons (Fsp3) is 0.471. The van der Waals surface area contributed by atoms with Crippen molar-refractivity contribution in [3.63, 3.8) is 0 Å². The third-order valence-electron chi connectivity index (χ3n) is 4.07. The van der Waals surface area contributed by atoms with Gasteiger partial charge in [-0.25, -0.2) is 4.98 Å². The first-order valence-electron chi connectivity index (χ1n) is 7.57. The number of nitrogens with zero attached hydrogens (tertiary/aromatic N) is 1. The highest BCUT2D eigenvalue weighted by Gasteiger charge is 2.25. The number of aryl methyl sites for hydroxylation is 1. The van der Waals surface area contributed by atoms with E-state index in [1.807, 2.05) is 11.3 Å². The van der Waals surface area contributed by atoms with Crippen molar-refractivity contribution in [3.05, 3.63) is 51.0 Å². The van der Waals surface area contributed by atoms with Crippen molar-refractivity contribution in [2.24, 2.45) is 0 Å². The fourth-order valence-corrected chi connectivity index (χ4v) is 4.19. The van der Waals surface area contributed by atoms with Gasteiger partial charge < -0.3 is 5.32 Å². The lowest BCUT2D eigenvalue weighted by Gasteiger charge is -2.03. The van der Waals surface area contributed by atoms with Crippen LogP contribution in [-0.4, -0.2) is 11.5 Å². The number of hydrogen-bond acceptors (Lipinski definition) is 3. The van der Waals surface area contributed by atoms with Crippen molar-refractivity contribution in [1.29, 1.82) is 0 Å². The van der Waals surface area contributed by atoms with Crippen LogP contribution in [0.25, 0.3) is 0 Å². The second-order valence-corrected chi connectivity index (χ2v) is 6.54. The number of aromatic nitrogens is 1. The van der Waals surface area contributed by atoms with Gasteiger partial charge in [0.2, 0.25) is 0 Å². The quantitative estimate of drug-likeness (QED) is 0.906. The molecular formula is C17H22N2S. The minimum atomic E-state index is 0.595. The lowest BCUT2D eigenvalue weighted by atomic mass is 10.1. The molecule has 1 aromatic heterocycles. The van der Waals surface area contributed by atoms with Gasteiger partial charge in [0.05, 0.1) is 10.7 Å². The first-order chi connectivity index (χ1) is 9.81. The van der Waals surface area contributed by atoms with E-state index >= 15 is 0 Å². The Hall–Kier alpha value is -1.19. The van der Waals surface area contributed by atoms with Crippen LogP contribution in [0.5, 0.6) is 0 Å². The summed E-state index contributed by atoms with van der Waals surface area (Å²) < 4.78 is 0. The fourth-order valence-electron chi connectivity index (χ4n) is 2.96. The van der Waals surface area contributed by atoms with E-state index in [1.54, 1.807) is 0 Å². The summed E-state index contributed by atoms with van der Waals surface area (Å²) in [6.07, 6.45) is 3.36. The lowest BCUT2D eigenvalue weighted by Crippen LogP contribution is -2.11. The van der Waals surface area contributed by atoms with Gasteiger partial charge in [-0.2, -0.15) is 0 Å². The largest absolute Gasteiger partial charge is 0.312 e. The highest BCUT2D eigenvalue weighted by Crippen LogP contribution is 2.36. The van der Waals surface area contributed by atoms with E-state index in [0.29, 0.717) is 5.92 Å². The molecule has 0 fully saturated rings. The smallest absolute Gasteiger partial charge is 0.0969 e. The van der Waals surface area contributed by atoms with E-state index < -0.39 is 0 Å². The minimum Gasteiger partial charge on any atom is -0.312 e. The van der Waals surface area contributed by atoms with Gasteiger partial charge in [-0.3, -0.25) is 0 Å². The highest BCUT2D eigenvalue weighted by molar-refractivity contribution is 7.11. The normalized spacial score (nSPS) is 14.7. The predicted octanol–water partition coefficient (Wildman–Crippen LogP) is 3.70. The molecule has 1 aromatic carbocycles. The Kier molecular flexibility index (Phi) is 4.18. The number of rotatable bonds is 5. The maximum atomic E-state index is 4.93. The molecular weight excluding hydrogens is 264 g/mol. The monoisotopic (exact) mass is 286 g/mol. The van der Waals surface area contributed by atoms with Crippen LogP contribution in [0.4, 0.5) is 0 Å². The van der Waals surface area contributed by atoms with E-state index in [-0.39, 0.29) is 0 Å². The second kappa shape index (κ2) is 6.06. The van der Waals surface area contributed by atoms with Crippen LogP contribution in [0.2, 0.25) is 0 Å². The summed E-state index contributed by atoms with van der Waals surface area (Å²) >= 11 is 1.92. The van der Waals surface area contributed by atoms with Gasteiger partial charge >= 0.3 is 0 Å². The lowest BCUT2D eigenvalue weighted by molar-refractivity contribution is 0.719. The molecule has 0 unspecified atom stereocenters. The Labute approximate surface area is 125 Å². The number of benzene rings is 1. The molecule has 20 heavy (non-hydrogen) atoms. The molecule has 106 valence electrons. The second-order valence-electron chi connectivity index (χ2n) is 5.43. The molecule has 3 rings (SSSR count). The maximum Gasteiger partial charge on any atom is 0.0969 e. The van der Waals surface area contributed by atoms with Crippen molar-refractivity contribution in [1.82, 2.24) is 10.3 Å². The Balaban J connectivity index is 1.80. The standard InChI is InChI=1S/C17H22N2S/c1-3-15-16(11-18-4-2)20-17(19-15)14-9-12-7-5-6-8-13(12)10-14/h5-8,14,18H,3-4,9-11H2,1-2H3. The number of thiazole rings is 1. The van der Waals surface area contributed by atoms with Crippen LogP contribution in [0.1, 0.15) is 46.5 Å². The third kappa shape index (κ3) is 2.65. The van der Waals surface area contributed by atoms with Gasteiger partial charge in [-0.05, 0) is 36.9 Å². The maximum absolute atomic E-state index is 4.93. The number of fused-ring (bicyclic) bond motifs is 1. The van der Waals surface area contributed by atoms with Crippen molar-refractivity contribution in [2.45, 2.75) is 45.6 Å². The van der Waals surface area contributed by atoms with Gasteiger partial charge in [0, 0.05) is 17.3 Å². The van der Waals surface area contributed by atoms with Crippen molar-refractivity contribution in [2.75, 3.05) is 6.54 Å². The molecule has 1 N–H and O–H groups in total. The van der Waals surface area contributed by atoms with Gasteiger partial charge in [0.1, 0.15) is 0 Å². The molecule has 1 aliphatic carbocycles. The van der Waals surface area contributed by atoms with E-state index in [9.17, 15) is 0 Å². The zero-order valence-corrected chi connectivity index (χ0v) is 13.1. The Morgan fingerprint density at radius 2 is 1.90 bits per heavy atom. The highest BCUT2D eigenvalue weighted by atomic mass is 32.1. The van der Waals surface area contributed by atoms with Gasteiger partial charge in [-0.15, -0.1) is 11.3 Å². The summed E-state index contributed by atoms with van der Waals surface area (Å²) in [7, 11) is 0. The number of hydrogen-bond donors (Lipinski definition) is 1. The van der Waals surface area contributed by atoms with Crippen LogP contribution < -0.4 is 5.32 Å². The van der Waals surface area contributed by atoms with Crippen LogP contribution in [0, 0.1) is 0 Å². The Bertz CT molecular complexity index is 563. The molecule has 0 amide bonds. The molecule has 0 atom stereocenters. The molecule has 0 saturated heterocycles. The van der Waals surface area contributed by atoms with Crippen LogP contribution in [0.15, 0.2) is 24.3 Å². The van der Waals surface area contributed by atoms with Gasteiger partial charge in [0.25, 0.3) is 0 Å². The summed E-state index contributed by atoms with van der Waals surface area (Å²) in [5.74, 6) is 0.595. The van der Waals surface area contributed by atoms with E-state index in [1.165, 1.54) is 26.7 Å². The molecule has 3 heteroatoms. The van der Waals surface area contributed by atoms with E-state index in [0.717, 1.165) is 32.4 Å². The van der Waals surface area contributed by atoms with E-state index in [4.69, 9.17) is 4.98 Å². The Morgan fingerprint density at radius 3 is 2.50 bits per heavy atom. The zero-order valence-electron chi connectivity index (χ0n) is 12.3. The topological polar surface area (TPSA) is 24.9 Å². The average Bonchev–Trinajstić information content (AvgIpc) is 3.08. The summed E-state index contributed by atoms with van der Waals surface area (Å²) in [5.41, 5.74) is 4.32. The van der Waals surface area contributed by atoms with Crippen molar-refractivity contribution >= 4 is 11.3 Å². The van der Waals surface area contributed by atoms with Gasteiger partial charge in [-0.1, -0.05) is 38.1 Å². The van der Waals surface area contributed by atoms with Crippen LogP contribution in [-0.2, 0) is 25.8 Å². The summed E-state index contributed by atoms with van der Waals surface area (Å²) in [4.78, 5) is 6.36. The van der Waals surface area contributed by atoms with Gasteiger partial charge in [0.15, 0.2) is 0 Å². The molecule has 0 aliphatic heterocycles. The average molecular weight is 286 g/mol. The zero-order chi connectivity index (χ0) is 13.9. The van der Waals surface area contributed by atoms with Crippen LogP contribution >= 0.6 is 11.3 Å². The number of nitrogens with one attached hydrogen (secondary N) is 1. The summed E-state index contributed by atoms with van der Waals surface area (Å²) in [5, 5.41) is 4.77. The van der Waals surface area contributed by atoms with Crippen molar-refractivity contribution < 1.29 is 0 Å². The summed E-state index contributed by atoms with van der Waals surface area (Å²) in [6, 6.07) is 8.83. The summed E-state index contributed by atoms with van der Waals surface area (Å²) in [6.45, 7) is 6.35. The first-order valence-corrected chi connectivity index (χ1v) is 8.39. The Morgan fingerprint density at radius 1 is 1.20 bits per heavy atom. The molecule has 1 aliphatic rings. The molecule has 0 spiro atoms. The minimum absolute atomic E-state index is 0.595. The van der Waals surface area contributed by atoms with E-state index in [2.05, 4.69) is 43.4 Å². The molecule has 2 nitrogen and oxygen atoms in total. The predicted molar refractivity (Wildman–Crippen MR) is 85.5 cm³/mol. The first kappa shape index (κ1) is 13.8. The molecule has 0 bridgehead atoms.